The zero-order chi connectivity index (χ0) is 18.4. The van der Waals surface area contributed by atoms with E-state index in [1.165, 1.54) is 12.1 Å². The first-order valence-electron chi connectivity index (χ1n) is 8.10. The van der Waals surface area contributed by atoms with Crippen molar-refractivity contribution >= 4 is 29.4 Å². The number of hydrogen-bond donors (Lipinski definition) is 3. The van der Waals surface area contributed by atoms with Crippen LogP contribution in [0.4, 0.5) is 4.39 Å². The van der Waals surface area contributed by atoms with E-state index in [1.807, 2.05) is 0 Å². The predicted molar refractivity (Wildman–Crippen MR) is 89.5 cm³/mol. The first kappa shape index (κ1) is 19.2. The summed E-state index contributed by atoms with van der Waals surface area (Å²) in [6, 6.07) is 3.07. The summed E-state index contributed by atoms with van der Waals surface area (Å²) in [5.74, 6) is -2.01. The third-order valence-corrected chi connectivity index (χ3v) is 4.19. The first-order chi connectivity index (χ1) is 11.9. The van der Waals surface area contributed by atoms with Crippen molar-refractivity contribution in [3.8, 4) is 0 Å². The molecule has 1 aliphatic rings. The number of carboxylic acid groups (broad SMARTS) is 1. The van der Waals surface area contributed by atoms with Gasteiger partial charge in [-0.2, -0.15) is 0 Å². The fraction of sp³-hybridized carbons (Fsp3) is 0.471. The van der Waals surface area contributed by atoms with Gasteiger partial charge < -0.3 is 15.7 Å². The minimum atomic E-state index is -1.11. The molecule has 0 aromatic heterocycles. The lowest BCUT2D eigenvalue weighted by atomic mass is 10.0. The van der Waals surface area contributed by atoms with E-state index >= 15 is 0 Å². The van der Waals surface area contributed by atoms with Crippen molar-refractivity contribution in [3.63, 3.8) is 0 Å². The number of aliphatic carboxylic acids is 1. The molecule has 0 bridgehead atoms. The van der Waals surface area contributed by atoms with E-state index in [2.05, 4.69) is 10.6 Å². The Morgan fingerprint density at radius 2 is 2.04 bits per heavy atom. The zero-order valence-electron chi connectivity index (χ0n) is 13.6. The standard InChI is InChI=1S/C17H20ClFN2O4/c18-12-6-5-11(8-13(12)19)14(9-16(23)24)21-15(22)2-1-7-20-17(25)10-3-4-10/h5-6,8,10,14H,1-4,7,9H2,(H,20,25)(H,21,22)(H,23,24). The molecule has 0 spiro atoms. The number of rotatable bonds is 9. The van der Waals surface area contributed by atoms with Crippen molar-refractivity contribution in [1.82, 2.24) is 10.6 Å². The molecule has 1 saturated carbocycles. The van der Waals surface area contributed by atoms with Gasteiger partial charge >= 0.3 is 5.97 Å². The molecule has 0 radical (unpaired) electrons. The van der Waals surface area contributed by atoms with Crippen molar-refractivity contribution in [2.24, 2.45) is 5.92 Å². The van der Waals surface area contributed by atoms with Crippen LogP contribution in [0.3, 0.4) is 0 Å². The van der Waals surface area contributed by atoms with E-state index < -0.39 is 17.8 Å². The molecule has 1 aromatic rings. The maximum absolute atomic E-state index is 13.6. The van der Waals surface area contributed by atoms with Crippen LogP contribution in [0.5, 0.6) is 0 Å². The Kier molecular flexibility index (Phi) is 6.75. The van der Waals surface area contributed by atoms with Gasteiger partial charge in [0.1, 0.15) is 5.82 Å². The van der Waals surface area contributed by atoms with Crippen LogP contribution in [0.25, 0.3) is 0 Å². The van der Waals surface area contributed by atoms with Crippen LogP contribution in [0.15, 0.2) is 18.2 Å². The van der Waals surface area contributed by atoms with E-state index in [0.717, 1.165) is 18.9 Å². The Morgan fingerprint density at radius 3 is 2.64 bits per heavy atom. The molecule has 1 unspecified atom stereocenters. The number of benzene rings is 1. The number of hydrogen-bond acceptors (Lipinski definition) is 3. The number of carbonyl (C=O) groups is 3. The fourth-order valence-electron chi connectivity index (χ4n) is 2.37. The van der Waals surface area contributed by atoms with Crippen LogP contribution in [0.1, 0.15) is 43.7 Å². The average molecular weight is 371 g/mol. The van der Waals surface area contributed by atoms with Crippen molar-refractivity contribution in [1.29, 1.82) is 0 Å². The van der Waals surface area contributed by atoms with Crippen LogP contribution < -0.4 is 10.6 Å². The Morgan fingerprint density at radius 1 is 1.32 bits per heavy atom. The quantitative estimate of drug-likeness (QED) is 0.582. The molecule has 2 amide bonds. The molecule has 136 valence electrons. The molecular weight excluding hydrogens is 351 g/mol. The normalized spacial score (nSPS) is 14.6. The molecule has 25 heavy (non-hydrogen) atoms. The highest BCUT2D eigenvalue weighted by Gasteiger charge is 2.29. The topological polar surface area (TPSA) is 95.5 Å². The molecule has 8 heteroatoms. The van der Waals surface area contributed by atoms with Gasteiger partial charge in [-0.1, -0.05) is 17.7 Å². The van der Waals surface area contributed by atoms with Gasteiger partial charge in [0.25, 0.3) is 0 Å². The van der Waals surface area contributed by atoms with Crippen LogP contribution in [0.2, 0.25) is 5.02 Å². The van der Waals surface area contributed by atoms with Crippen LogP contribution in [-0.2, 0) is 14.4 Å². The van der Waals surface area contributed by atoms with Crippen LogP contribution >= 0.6 is 11.6 Å². The van der Waals surface area contributed by atoms with E-state index in [9.17, 15) is 18.8 Å². The molecule has 6 nitrogen and oxygen atoms in total. The minimum Gasteiger partial charge on any atom is -0.481 e. The van der Waals surface area contributed by atoms with E-state index in [1.54, 1.807) is 0 Å². The molecule has 1 atom stereocenters. The molecule has 2 rings (SSSR count). The molecule has 1 aromatic carbocycles. The van der Waals surface area contributed by atoms with Gasteiger partial charge in [0.2, 0.25) is 11.8 Å². The lowest BCUT2D eigenvalue weighted by molar-refractivity contribution is -0.137. The van der Waals surface area contributed by atoms with E-state index in [-0.39, 0.29) is 35.6 Å². The number of amides is 2. The van der Waals surface area contributed by atoms with Gasteiger partial charge in [-0.15, -0.1) is 0 Å². The first-order valence-corrected chi connectivity index (χ1v) is 8.48. The van der Waals surface area contributed by atoms with Gasteiger partial charge in [-0.3, -0.25) is 14.4 Å². The highest BCUT2D eigenvalue weighted by molar-refractivity contribution is 6.30. The summed E-state index contributed by atoms with van der Waals surface area (Å²) in [6.07, 6.45) is 2.04. The van der Waals surface area contributed by atoms with Crippen LogP contribution in [0, 0.1) is 11.7 Å². The van der Waals surface area contributed by atoms with Crippen molar-refractivity contribution in [2.45, 2.75) is 38.1 Å². The summed E-state index contributed by atoms with van der Waals surface area (Å²) in [5, 5.41) is 14.3. The highest BCUT2D eigenvalue weighted by Crippen LogP contribution is 2.28. The molecule has 1 aliphatic carbocycles. The largest absolute Gasteiger partial charge is 0.481 e. The SMILES string of the molecule is O=C(O)CC(NC(=O)CCCNC(=O)C1CC1)c1ccc(Cl)c(F)c1. The Hall–Kier alpha value is -2.15. The smallest absolute Gasteiger partial charge is 0.305 e. The van der Waals surface area contributed by atoms with E-state index in [0.29, 0.717) is 18.5 Å². The number of halogens is 2. The minimum absolute atomic E-state index is 0.0146. The number of nitrogens with one attached hydrogen (secondary N) is 2. The van der Waals surface area contributed by atoms with Gasteiger partial charge in [-0.25, -0.2) is 4.39 Å². The lowest BCUT2D eigenvalue weighted by Crippen LogP contribution is -2.31. The summed E-state index contributed by atoms with van der Waals surface area (Å²) in [6.45, 7) is 0.391. The Bertz CT molecular complexity index is 664. The monoisotopic (exact) mass is 370 g/mol. The predicted octanol–water partition coefficient (Wildman–Crippen LogP) is 2.42. The van der Waals surface area contributed by atoms with Crippen molar-refractivity contribution in [2.75, 3.05) is 6.54 Å². The summed E-state index contributed by atoms with van der Waals surface area (Å²) in [5.41, 5.74) is 0.333. The second kappa shape index (κ2) is 8.80. The number of carbonyl (C=O) groups excluding carboxylic acids is 2. The maximum Gasteiger partial charge on any atom is 0.305 e. The van der Waals surface area contributed by atoms with Gasteiger partial charge in [0.15, 0.2) is 0 Å². The van der Waals surface area contributed by atoms with Crippen molar-refractivity contribution in [3.05, 3.63) is 34.6 Å². The summed E-state index contributed by atoms with van der Waals surface area (Å²) in [4.78, 5) is 34.5. The number of carboxylic acids is 1. The lowest BCUT2D eigenvalue weighted by Gasteiger charge is -2.18. The summed E-state index contributed by atoms with van der Waals surface area (Å²) >= 11 is 5.62. The molecule has 0 saturated heterocycles. The zero-order valence-corrected chi connectivity index (χ0v) is 14.3. The molecule has 0 aliphatic heterocycles. The maximum atomic E-state index is 13.6. The third-order valence-electron chi connectivity index (χ3n) is 3.89. The second-order valence-corrected chi connectivity index (χ2v) is 6.47. The molecule has 1 fully saturated rings. The highest BCUT2D eigenvalue weighted by atomic mass is 35.5. The van der Waals surface area contributed by atoms with Gasteiger partial charge in [0.05, 0.1) is 17.5 Å². The second-order valence-electron chi connectivity index (χ2n) is 6.06. The molecular formula is C17H20ClFN2O4. The summed E-state index contributed by atoms with van der Waals surface area (Å²) in [7, 11) is 0. The summed E-state index contributed by atoms with van der Waals surface area (Å²) < 4.78 is 13.6. The van der Waals surface area contributed by atoms with Gasteiger partial charge in [-0.05, 0) is 37.0 Å². The fourth-order valence-corrected chi connectivity index (χ4v) is 2.49. The third kappa shape index (κ3) is 6.34. The average Bonchev–Trinajstić information content (AvgIpc) is 3.38. The van der Waals surface area contributed by atoms with E-state index in [4.69, 9.17) is 16.7 Å². The molecule has 3 N–H and O–H groups in total. The molecule has 0 heterocycles. The van der Waals surface area contributed by atoms with Crippen molar-refractivity contribution < 1.29 is 23.9 Å². The van der Waals surface area contributed by atoms with Crippen LogP contribution in [-0.4, -0.2) is 29.4 Å². The van der Waals surface area contributed by atoms with Gasteiger partial charge in [0, 0.05) is 18.9 Å². The Balaban J connectivity index is 1.84. The Labute approximate surface area is 149 Å².